The number of carbonyl (C=O) groups is 2. The Morgan fingerprint density at radius 1 is 1.30 bits per heavy atom. The maximum atomic E-state index is 11.5. The van der Waals surface area contributed by atoms with Gasteiger partial charge in [-0.05, 0) is 85.8 Å². The molecule has 7 heteroatoms. The number of amides is 1. The fourth-order valence-corrected chi connectivity index (χ4v) is 6.29. The van der Waals surface area contributed by atoms with Crippen LogP contribution < -0.4 is 5.32 Å². The van der Waals surface area contributed by atoms with E-state index in [1.807, 2.05) is 13.0 Å². The first-order valence-corrected chi connectivity index (χ1v) is 9.21. The van der Waals surface area contributed by atoms with Gasteiger partial charge < -0.3 is 10.4 Å². The summed E-state index contributed by atoms with van der Waals surface area (Å²) in [4.78, 5) is 22.8. The summed E-state index contributed by atoms with van der Waals surface area (Å²) in [7, 11) is 0. The summed E-state index contributed by atoms with van der Waals surface area (Å²) in [5.41, 5.74) is 1.50. The fraction of sp³-hybridized carbons (Fsp3) is 0.385. The van der Waals surface area contributed by atoms with E-state index in [0.717, 1.165) is 22.7 Å². The number of rotatable bonds is 5. The van der Waals surface area contributed by atoms with Crippen LogP contribution >= 0.6 is 67.8 Å². The highest BCUT2D eigenvalue weighted by Gasteiger charge is 2.26. The molecule has 1 atom stereocenters. The van der Waals surface area contributed by atoms with Gasteiger partial charge in [0.25, 0.3) is 0 Å². The molecule has 0 unspecified atom stereocenters. The summed E-state index contributed by atoms with van der Waals surface area (Å²) in [6, 6.07) is 1.91. The van der Waals surface area contributed by atoms with Gasteiger partial charge in [0, 0.05) is 17.6 Å². The van der Waals surface area contributed by atoms with Gasteiger partial charge in [-0.25, -0.2) is 0 Å². The maximum absolute atomic E-state index is 11.5. The Hall–Kier alpha value is 0.350. The zero-order valence-electron chi connectivity index (χ0n) is 11.0. The zero-order chi connectivity index (χ0) is 15.4. The summed E-state index contributed by atoms with van der Waals surface area (Å²) in [6.07, 6.45) is 1.38. The number of benzene rings is 1. The minimum atomic E-state index is -0.822. The Bertz CT molecular complexity index is 546. The molecule has 1 aromatic carbocycles. The van der Waals surface area contributed by atoms with Gasteiger partial charge in [0.05, 0.1) is 11.6 Å². The average Bonchev–Trinajstić information content (AvgIpc) is 2.32. The van der Waals surface area contributed by atoms with Crippen molar-refractivity contribution in [2.75, 3.05) is 5.32 Å². The SMILES string of the molecule is CCC[C@H](C(=O)O)c1c(I)cc(I)c(NC(C)=O)c1I. The summed E-state index contributed by atoms with van der Waals surface area (Å²) in [5.74, 6) is -1.52. The fourth-order valence-electron chi connectivity index (χ4n) is 1.90. The number of anilines is 1. The van der Waals surface area contributed by atoms with Crippen LogP contribution in [0.1, 0.15) is 38.2 Å². The smallest absolute Gasteiger partial charge is 0.311 e. The summed E-state index contributed by atoms with van der Waals surface area (Å²) < 4.78 is 2.65. The number of hydrogen-bond donors (Lipinski definition) is 2. The Kier molecular flexibility index (Phi) is 7.46. The van der Waals surface area contributed by atoms with Crippen molar-refractivity contribution in [3.8, 4) is 0 Å². The van der Waals surface area contributed by atoms with E-state index in [9.17, 15) is 14.7 Å². The van der Waals surface area contributed by atoms with Crippen LogP contribution in [-0.2, 0) is 9.59 Å². The first-order valence-electron chi connectivity index (χ1n) is 5.97. The molecule has 0 saturated carbocycles. The van der Waals surface area contributed by atoms with Crippen LogP contribution in [0.5, 0.6) is 0 Å². The zero-order valence-corrected chi connectivity index (χ0v) is 17.4. The Morgan fingerprint density at radius 2 is 1.90 bits per heavy atom. The molecule has 0 heterocycles. The van der Waals surface area contributed by atoms with Crippen LogP contribution in [0.25, 0.3) is 0 Å². The van der Waals surface area contributed by atoms with E-state index in [2.05, 4.69) is 73.1 Å². The second-order valence-electron chi connectivity index (χ2n) is 4.30. The van der Waals surface area contributed by atoms with Crippen LogP contribution in [0.2, 0.25) is 0 Å². The van der Waals surface area contributed by atoms with Gasteiger partial charge in [-0.2, -0.15) is 0 Å². The van der Waals surface area contributed by atoms with Crippen LogP contribution in [0.3, 0.4) is 0 Å². The van der Waals surface area contributed by atoms with Gasteiger partial charge in [-0.1, -0.05) is 13.3 Å². The van der Waals surface area contributed by atoms with Crippen molar-refractivity contribution in [3.05, 3.63) is 22.3 Å². The first kappa shape index (κ1) is 18.4. The summed E-state index contributed by atoms with van der Waals surface area (Å²) >= 11 is 6.44. The third-order valence-corrected chi connectivity index (χ3v) is 5.59. The Labute approximate surface area is 158 Å². The number of halogens is 3. The molecular weight excluding hydrogens is 599 g/mol. The predicted molar refractivity (Wildman–Crippen MR) is 104 cm³/mol. The second kappa shape index (κ2) is 8.11. The number of carboxylic acids is 1. The monoisotopic (exact) mass is 613 g/mol. The van der Waals surface area contributed by atoms with E-state index in [1.165, 1.54) is 6.92 Å². The Morgan fingerprint density at radius 3 is 2.35 bits per heavy atom. The Balaban J connectivity index is 3.45. The molecule has 0 aliphatic carbocycles. The van der Waals surface area contributed by atoms with Crippen molar-refractivity contribution in [2.24, 2.45) is 0 Å². The molecule has 4 nitrogen and oxygen atoms in total. The molecule has 2 N–H and O–H groups in total. The topological polar surface area (TPSA) is 66.4 Å². The van der Waals surface area contributed by atoms with Crippen LogP contribution in [0.4, 0.5) is 5.69 Å². The van der Waals surface area contributed by atoms with E-state index in [0.29, 0.717) is 12.1 Å². The number of hydrogen-bond acceptors (Lipinski definition) is 2. The second-order valence-corrected chi connectivity index (χ2v) is 7.71. The highest BCUT2D eigenvalue weighted by atomic mass is 127. The van der Waals surface area contributed by atoms with E-state index in [4.69, 9.17) is 0 Å². The lowest BCUT2D eigenvalue weighted by Gasteiger charge is -2.19. The molecule has 20 heavy (non-hydrogen) atoms. The summed E-state index contributed by atoms with van der Waals surface area (Å²) in [6.45, 7) is 3.42. The molecule has 110 valence electrons. The van der Waals surface area contributed by atoms with Crippen molar-refractivity contribution in [2.45, 2.75) is 32.6 Å². The van der Waals surface area contributed by atoms with Crippen molar-refractivity contribution in [1.82, 2.24) is 0 Å². The first-order chi connectivity index (χ1) is 9.29. The largest absolute Gasteiger partial charge is 0.481 e. The molecule has 0 aromatic heterocycles. The van der Waals surface area contributed by atoms with Crippen LogP contribution in [-0.4, -0.2) is 17.0 Å². The lowest BCUT2D eigenvalue weighted by atomic mass is 9.94. The summed E-state index contributed by atoms with van der Waals surface area (Å²) in [5, 5.41) is 12.2. The molecular formula is C13H14I3NO3. The molecule has 0 spiro atoms. The van der Waals surface area contributed by atoms with E-state index < -0.39 is 11.9 Å². The lowest BCUT2D eigenvalue weighted by molar-refractivity contribution is -0.139. The highest BCUT2D eigenvalue weighted by Crippen LogP contribution is 2.37. The van der Waals surface area contributed by atoms with Crippen LogP contribution in [0.15, 0.2) is 6.07 Å². The third kappa shape index (κ3) is 4.42. The number of carbonyl (C=O) groups excluding carboxylic acids is 1. The number of carboxylic acid groups (broad SMARTS) is 1. The third-order valence-electron chi connectivity index (χ3n) is 2.73. The standard InChI is InChI=1S/C13H14I3NO3/c1-3-4-7(13(19)20)10-8(14)5-9(15)12(11(10)16)17-6(2)18/h5,7H,3-4H2,1-2H3,(H,17,18)(H,19,20)/t7-/m0/s1. The molecule has 0 aliphatic rings. The van der Waals surface area contributed by atoms with Gasteiger partial charge in [0.1, 0.15) is 0 Å². The quantitative estimate of drug-likeness (QED) is 0.484. The maximum Gasteiger partial charge on any atom is 0.311 e. The minimum absolute atomic E-state index is 0.157. The van der Waals surface area contributed by atoms with Gasteiger partial charge in [0.2, 0.25) is 5.91 Å². The average molecular weight is 613 g/mol. The normalized spacial score (nSPS) is 12.1. The number of nitrogens with one attached hydrogen (secondary N) is 1. The predicted octanol–water partition coefficient (Wildman–Crippen LogP) is 4.43. The van der Waals surface area contributed by atoms with E-state index in [-0.39, 0.29) is 5.91 Å². The van der Waals surface area contributed by atoms with Crippen molar-refractivity contribution < 1.29 is 14.7 Å². The van der Waals surface area contributed by atoms with Gasteiger partial charge >= 0.3 is 5.97 Å². The molecule has 1 rings (SSSR count). The molecule has 1 amide bonds. The molecule has 0 radical (unpaired) electrons. The van der Waals surface area contributed by atoms with E-state index in [1.54, 1.807) is 0 Å². The van der Waals surface area contributed by atoms with Gasteiger partial charge in [-0.3, -0.25) is 9.59 Å². The van der Waals surface area contributed by atoms with Gasteiger partial charge in [-0.15, -0.1) is 0 Å². The lowest BCUT2D eigenvalue weighted by Crippen LogP contribution is -2.17. The number of aliphatic carboxylic acids is 1. The van der Waals surface area contributed by atoms with Crippen LogP contribution in [0, 0.1) is 10.7 Å². The van der Waals surface area contributed by atoms with Crippen molar-refractivity contribution >= 4 is 85.3 Å². The molecule has 0 aliphatic heterocycles. The van der Waals surface area contributed by atoms with Gasteiger partial charge in [0.15, 0.2) is 0 Å². The minimum Gasteiger partial charge on any atom is -0.481 e. The van der Waals surface area contributed by atoms with E-state index >= 15 is 0 Å². The molecule has 1 aromatic rings. The van der Waals surface area contributed by atoms with Crippen molar-refractivity contribution in [1.29, 1.82) is 0 Å². The molecule has 0 bridgehead atoms. The van der Waals surface area contributed by atoms with Crippen molar-refractivity contribution in [3.63, 3.8) is 0 Å². The molecule has 0 fully saturated rings. The molecule has 0 saturated heterocycles. The highest BCUT2D eigenvalue weighted by molar-refractivity contribution is 14.1.